The van der Waals surface area contributed by atoms with E-state index in [-0.39, 0.29) is 0 Å². The summed E-state index contributed by atoms with van der Waals surface area (Å²) in [6.45, 7) is 9.64. The van der Waals surface area contributed by atoms with Gasteiger partial charge < -0.3 is 10.2 Å². The van der Waals surface area contributed by atoms with Crippen LogP contribution in [0.25, 0.3) is 0 Å². The minimum absolute atomic E-state index is 0.715. The van der Waals surface area contributed by atoms with Gasteiger partial charge in [0, 0.05) is 31.9 Å². The number of aromatic nitrogens is 2. The Morgan fingerprint density at radius 1 is 1.25 bits per heavy atom. The molecule has 0 amide bonds. The molecule has 1 N–H and O–H groups in total. The Bertz CT molecular complexity index is 399. The number of hydrogen-bond acceptors (Lipinski definition) is 4. The summed E-state index contributed by atoms with van der Waals surface area (Å²) in [7, 11) is 0. The van der Waals surface area contributed by atoms with Gasteiger partial charge in [-0.1, -0.05) is 26.7 Å². The van der Waals surface area contributed by atoms with E-state index in [1.807, 2.05) is 12.4 Å². The van der Waals surface area contributed by atoms with Crippen LogP contribution in [0.15, 0.2) is 12.4 Å². The van der Waals surface area contributed by atoms with Gasteiger partial charge >= 0.3 is 0 Å². The van der Waals surface area contributed by atoms with Crippen molar-refractivity contribution in [3.05, 3.63) is 18.1 Å². The molecule has 0 spiro atoms. The van der Waals surface area contributed by atoms with Crippen LogP contribution in [0.4, 0.5) is 5.82 Å². The largest absolute Gasteiger partial charge is 0.355 e. The highest BCUT2D eigenvalue weighted by molar-refractivity contribution is 5.36. The molecule has 4 heteroatoms. The number of rotatable bonds is 9. The lowest BCUT2D eigenvalue weighted by molar-refractivity contribution is 0.484. The van der Waals surface area contributed by atoms with Crippen LogP contribution >= 0.6 is 0 Å². The maximum absolute atomic E-state index is 4.77. The van der Waals surface area contributed by atoms with Crippen molar-refractivity contribution in [2.45, 2.75) is 59.0 Å². The maximum Gasteiger partial charge on any atom is 0.147 e. The second-order valence-corrected chi connectivity index (χ2v) is 5.74. The second-order valence-electron chi connectivity index (χ2n) is 5.74. The first-order chi connectivity index (χ1) is 9.76. The molecule has 0 radical (unpaired) electrons. The van der Waals surface area contributed by atoms with E-state index in [2.05, 4.69) is 36.0 Å². The lowest BCUT2D eigenvalue weighted by Crippen LogP contribution is -2.30. The SMILES string of the molecule is CCC(CC)CN(CC)c1cncc(CNC2CC2)n1. The monoisotopic (exact) mass is 276 g/mol. The van der Waals surface area contributed by atoms with Gasteiger partial charge in [-0.15, -0.1) is 0 Å². The van der Waals surface area contributed by atoms with Crippen LogP contribution in [0.3, 0.4) is 0 Å². The van der Waals surface area contributed by atoms with E-state index in [0.29, 0.717) is 6.04 Å². The molecule has 0 saturated heterocycles. The molecule has 1 aliphatic carbocycles. The lowest BCUT2D eigenvalue weighted by Gasteiger charge is -2.26. The van der Waals surface area contributed by atoms with E-state index < -0.39 is 0 Å². The van der Waals surface area contributed by atoms with E-state index in [9.17, 15) is 0 Å². The van der Waals surface area contributed by atoms with Crippen LogP contribution in [-0.2, 0) is 6.54 Å². The molecule has 1 aliphatic rings. The minimum Gasteiger partial charge on any atom is -0.355 e. The summed E-state index contributed by atoms with van der Waals surface area (Å²) >= 11 is 0. The Labute approximate surface area is 123 Å². The first kappa shape index (κ1) is 15.2. The third kappa shape index (κ3) is 4.44. The highest BCUT2D eigenvalue weighted by Gasteiger charge is 2.20. The molecule has 1 saturated carbocycles. The average molecular weight is 276 g/mol. The zero-order valence-corrected chi connectivity index (χ0v) is 13.1. The van der Waals surface area contributed by atoms with Crippen LogP contribution in [0, 0.1) is 5.92 Å². The van der Waals surface area contributed by atoms with Gasteiger partial charge in [-0.05, 0) is 25.7 Å². The number of nitrogens with zero attached hydrogens (tertiary/aromatic N) is 3. The van der Waals surface area contributed by atoms with Crippen LogP contribution < -0.4 is 10.2 Å². The van der Waals surface area contributed by atoms with Gasteiger partial charge in [-0.25, -0.2) is 4.98 Å². The van der Waals surface area contributed by atoms with Gasteiger partial charge in [-0.3, -0.25) is 4.98 Å². The van der Waals surface area contributed by atoms with Gasteiger partial charge in [-0.2, -0.15) is 0 Å². The molecule has 1 aromatic heterocycles. The van der Waals surface area contributed by atoms with E-state index in [0.717, 1.165) is 37.1 Å². The van der Waals surface area contributed by atoms with Gasteiger partial charge in [0.05, 0.1) is 11.9 Å². The first-order valence-electron chi connectivity index (χ1n) is 8.06. The van der Waals surface area contributed by atoms with E-state index in [1.165, 1.54) is 25.7 Å². The molecule has 0 bridgehead atoms. The highest BCUT2D eigenvalue weighted by Crippen LogP contribution is 2.19. The number of nitrogens with one attached hydrogen (secondary N) is 1. The number of anilines is 1. The molecule has 1 fully saturated rings. The molecule has 0 aliphatic heterocycles. The standard InChI is InChI=1S/C16H28N4/c1-4-13(5-2)12-20(6-3)16-11-17-9-15(19-16)10-18-14-7-8-14/h9,11,13-14,18H,4-8,10,12H2,1-3H3. The fourth-order valence-corrected chi connectivity index (χ4v) is 2.41. The summed E-state index contributed by atoms with van der Waals surface area (Å²) in [6.07, 6.45) is 8.84. The molecule has 20 heavy (non-hydrogen) atoms. The summed E-state index contributed by atoms with van der Waals surface area (Å²) in [5.41, 5.74) is 1.05. The van der Waals surface area contributed by atoms with Crippen molar-refractivity contribution in [2.24, 2.45) is 5.92 Å². The molecular weight excluding hydrogens is 248 g/mol. The van der Waals surface area contributed by atoms with E-state index in [4.69, 9.17) is 4.98 Å². The fourth-order valence-electron chi connectivity index (χ4n) is 2.41. The third-order valence-electron chi connectivity index (χ3n) is 4.16. The molecule has 1 aromatic rings. The van der Waals surface area contributed by atoms with Crippen molar-refractivity contribution in [3.8, 4) is 0 Å². The Hall–Kier alpha value is -1.16. The molecule has 0 aromatic carbocycles. The molecule has 0 atom stereocenters. The highest BCUT2D eigenvalue weighted by atomic mass is 15.2. The van der Waals surface area contributed by atoms with Crippen LogP contribution in [0.2, 0.25) is 0 Å². The molecule has 2 rings (SSSR count). The Morgan fingerprint density at radius 3 is 2.60 bits per heavy atom. The van der Waals surface area contributed by atoms with Gasteiger partial charge in [0.2, 0.25) is 0 Å². The van der Waals surface area contributed by atoms with Crippen molar-refractivity contribution in [1.82, 2.24) is 15.3 Å². The smallest absolute Gasteiger partial charge is 0.147 e. The van der Waals surface area contributed by atoms with Crippen LogP contribution in [0.1, 0.15) is 52.1 Å². The summed E-state index contributed by atoms with van der Waals surface area (Å²) in [6, 6.07) is 0.715. The summed E-state index contributed by atoms with van der Waals surface area (Å²) in [5, 5.41) is 3.50. The van der Waals surface area contributed by atoms with Crippen molar-refractivity contribution in [1.29, 1.82) is 0 Å². The van der Waals surface area contributed by atoms with Crippen LogP contribution in [0.5, 0.6) is 0 Å². The van der Waals surface area contributed by atoms with Crippen LogP contribution in [-0.4, -0.2) is 29.1 Å². The van der Waals surface area contributed by atoms with Crippen molar-refractivity contribution >= 4 is 5.82 Å². The molecule has 1 heterocycles. The average Bonchev–Trinajstić information content (AvgIpc) is 3.31. The van der Waals surface area contributed by atoms with Crippen molar-refractivity contribution < 1.29 is 0 Å². The zero-order chi connectivity index (χ0) is 14.4. The normalized spacial score (nSPS) is 14.8. The zero-order valence-electron chi connectivity index (χ0n) is 13.1. The van der Waals surface area contributed by atoms with E-state index in [1.54, 1.807) is 0 Å². The summed E-state index contributed by atoms with van der Waals surface area (Å²) < 4.78 is 0. The maximum atomic E-state index is 4.77. The Balaban J connectivity index is 1.98. The predicted molar refractivity (Wildman–Crippen MR) is 83.9 cm³/mol. The molecule has 4 nitrogen and oxygen atoms in total. The Kier molecular flexibility index (Phi) is 5.77. The summed E-state index contributed by atoms with van der Waals surface area (Å²) in [5.74, 6) is 1.76. The summed E-state index contributed by atoms with van der Waals surface area (Å²) in [4.78, 5) is 11.5. The van der Waals surface area contributed by atoms with Gasteiger partial charge in [0.15, 0.2) is 0 Å². The molecule has 0 unspecified atom stereocenters. The second kappa shape index (κ2) is 7.58. The number of hydrogen-bond donors (Lipinski definition) is 1. The fraction of sp³-hybridized carbons (Fsp3) is 0.750. The quantitative estimate of drug-likeness (QED) is 0.753. The third-order valence-corrected chi connectivity index (χ3v) is 4.16. The van der Waals surface area contributed by atoms with Gasteiger partial charge in [0.1, 0.15) is 5.82 Å². The molecular formula is C16H28N4. The first-order valence-corrected chi connectivity index (χ1v) is 8.06. The minimum atomic E-state index is 0.715. The predicted octanol–water partition coefficient (Wildman–Crippen LogP) is 2.99. The van der Waals surface area contributed by atoms with Gasteiger partial charge in [0.25, 0.3) is 0 Å². The van der Waals surface area contributed by atoms with Crippen molar-refractivity contribution in [2.75, 3.05) is 18.0 Å². The van der Waals surface area contributed by atoms with Crippen molar-refractivity contribution in [3.63, 3.8) is 0 Å². The molecule has 112 valence electrons. The lowest BCUT2D eigenvalue weighted by atomic mass is 10.0. The Morgan fingerprint density at radius 2 is 2.00 bits per heavy atom. The van der Waals surface area contributed by atoms with E-state index >= 15 is 0 Å². The topological polar surface area (TPSA) is 41.1 Å².